The van der Waals surface area contributed by atoms with Crippen LogP contribution in [0.15, 0.2) is 36.5 Å². The van der Waals surface area contributed by atoms with Gasteiger partial charge in [0.05, 0.1) is 16.3 Å². The summed E-state index contributed by atoms with van der Waals surface area (Å²) < 4.78 is 55.9. The zero-order chi connectivity index (χ0) is 22.8. The van der Waals surface area contributed by atoms with Crippen LogP contribution in [-0.2, 0) is 15.7 Å². The van der Waals surface area contributed by atoms with Crippen molar-refractivity contribution in [1.82, 2.24) is 9.97 Å². The van der Waals surface area contributed by atoms with Gasteiger partial charge in [-0.3, -0.25) is 4.79 Å². The Kier molecular flexibility index (Phi) is 6.56. The summed E-state index contributed by atoms with van der Waals surface area (Å²) in [6, 6.07) is 6.16. The number of carbonyl (C=O) groups is 2. The first-order valence-electron chi connectivity index (χ1n) is 8.47. The zero-order valence-corrected chi connectivity index (χ0v) is 17.2. The molecular formula is C19H12ClF4N3O3S. The van der Waals surface area contributed by atoms with E-state index in [2.05, 4.69) is 15.3 Å². The van der Waals surface area contributed by atoms with Gasteiger partial charge in [-0.15, -0.1) is 11.3 Å². The predicted octanol–water partition coefficient (Wildman–Crippen LogP) is 5.12. The fourth-order valence-electron chi connectivity index (χ4n) is 2.35. The zero-order valence-electron chi connectivity index (χ0n) is 15.6. The highest BCUT2D eigenvalue weighted by molar-refractivity contribution is 7.17. The average molecular weight is 474 g/mol. The summed E-state index contributed by atoms with van der Waals surface area (Å²) in [5.74, 6) is -2.37. The minimum Gasteiger partial charge on any atom is -0.451 e. The van der Waals surface area contributed by atoms with Crippen LogP contribution in [0.4, 0.5) is 23.4 Å². The molecule has 12 heteroatoms. The number of carbonyl (C=O) groups excluding carboxylic acids is 2. The first-order valence-corrected chi connectivity index (χ1v) is 9.67. The smallest absolute Gasteiger partial charge is 0.417 e. The Bertz CT molecular complexity index is 1130. The van der Waals surface area contributed by atoms with Gasteiger partial charge in [0.1, 0.15) is 15.7 Å². The molecule has 31 heavy (non-hydrogen) atoms. The number of alkyl halides is 3. The number of amides is 1. The fourth-order valence-corrected chi connectivity index (χ4v) is 3.53. The number of hydrogen-bond acceptors (Lipinski definition) is 6. The molecule has 162 valence electrons. The van der Waals surface area contributed by atoms with Crippen LogP contribution in [0.2, 0.25) is 5.02 Å². The van der Waals surface area contributed by atoms with Gasteiger partial charge in [-0.05, 0) is 37.3 Å². The molecule has 3 rings (SSSR count). The van der Waals surface area contributed by atoms with E-state index in [1.165, 1.54) is 24.3 Å². The van der Waals surface area contributed by atoms with E-state index in [1.807, 2.05) is 0 Å². The molecule has 1 aromatic carbocycles. The maximum absolute atomic E-state index is 13.1. The number of halogens is 5. The van der Waals surface area contributed by atoms with E-state index in [9.17, 15) is 27.2 Å². The molecule has 0 saturated carbocycles. The minimum atomic E-state index is -4.63. The number of nitrogens with zero attached hydrogens (tertiary/aromatic N) is 2. The molecule has 1 N–H and O–H groups in total. The summed E-state index contributed by atoms with van der Waals surface area (Å²) in [6.07, 6.45) is -4.11. The Hall–Kier alpha value is -3.05. The third kappa shape index (κ3) is 5.56. The number of pyridine rings is 1. The lowest BCUT2D eigenvalue weighted by atomic mass is 10.2. The summed E-state index contributed by atoms with van der Waals surface area (Å²) in [4.78, 5) is 32.1. The van der Waals surface area contributed by atoms with Crippen molar-refractivity contribution in [2.45, 2.75) is 13.1 Å². The van der Waals surface area contributed by atoms with Crippen LogP contribution >= 0.6 is 22.9 Å². The van der Waals surface area contributed by atoms with Crippen LogP contribution in [0.1, 0.15) is 20.9 Å². The van der Waals surface area contributed by atoms with E-state index in [-0.39, 0.29) is 10.7 Å². The van der Waals surface area contributed by atoms with E-state index >= 15 is 0 Å². The normalized spacial score (nSPS) is 11.3. The largest absolute Gasteiger partial charge is 0.451 e. The van der Waals surface area contributed by atoms with Gasteiger partial charge in [-0.25, -0.2) is 19.2 Å². The highest BCUT2D eigenvalue weighted by Crippen LogP contribution is 2.32. The number of ether oxygens (including phenoxy) is 1. The van der Waals surface area contributed by atoms with E-state index in [0.717, 1.165) is 11.3 Å². The van der Waals surface area contributed by atoms with Crippen LogP contribution < -0.4 is 5.32 Å². The second-order valence-electron chi connectivity index (χ2n) is 6.12. The van der Waals surface area contributed by atoms with Gasteiger partial charge in [-0.1, -0.05) is 11.6 Å². The molecule has 0 aliphatic heterocycles. The molecule has 1 amide bonds. The summed E-state index contributed by atoms with van der Waals surface area (Å²) in [6.45, 7) is 0.854. The molecule has 2 heterocycles. The molecule has 0 unspecified atom stereocenters. The van der Waals surface area contributed by atoms with Crippen LogP contribution in [0.25, 0.3) is 10.6 Å². The van der Waals surface area contributed by atoms with Crippen molar-refractivity contribution in [3.8, 4) is 10.6 Å². The molecule has 0 bridgehead atoms. The SMILES string of the molecule is Cc1nc(-c2ccc(F)cc2)sc1C(=O)OCC(=O)Nc1ncc(C(F)(F)F)cc1Cl. The first-order chi connectivity index (χ1) is 14.5. The van der Waals surface area contributed by atoms with Crippen molar-refractivity contribution >= 4 is 40.6 Å². The summed E-state index contributed by atoms with van der Waals surface area (Å²) in [5.41, 5.74) is -0.101. The molecule has 0 radical (unpaired) electrons. The Labute approximate surface area is 181 Å². The van der Waals surface area contributed by atoms with Gasteiger partial charge in [0.2, 0.25) is 0 Å². The lowest BCUT2D eigenvalue weighted by Crippen LogP contribution is -2.21. The molecule has 0 atom stereocenters. The Morgan fingerprint density at radius 3 is 2.52 bits per heavy atom. The van der Waals surface area contributed by atoms with Crippen LogP contribution in [-0.4, -0.2) is 28.5 Å². The predicted molar refractivity (Wildman–Crippen MR) is 105 cm³/mol. The maximum atomic E-state index is 13.1. The number of thiazole rings is 1. The number of esters is 1. The Morgan fingerprint density at radius 1 is 1.23 bits per heavy atom. The molecular weight excluding hydrogens is 462 g/mol. The summed E-state index contributed by atoms with van der Waals surface area (Å²) in [7, 11) is 0. The highest BCUT2D eigenvalue weighted by atomic mass is 35.5. The summed E-state index contributed by atoms with van der Waals surface area (Å²) in [5, 5.41) is 2.22. The number of benzene rings is 1. The topological polar surface area (TPSA) is 81.2 Å². The van der Waals surface area contributed by atoms with E-state index in [1.54, 1.807) is 6.92 Å². The van der Waals surface area contributed by atoms with Crippen molar-refractivity contribution in [2.75, 3.05) is 11.9 Å². The molecule has 0 saturated heterocycles. The van der Waals surface area contributed by atoms with Crippen molar-refractivity contribution < 1.29 is 31.9 Å². The second-order valence-corrected chi connectivity index (χ2v) is 7.52. The van der Waals surface area contributed by atoms with Crippen LogP contribution in [0.3, 0.4) is 0 Å². The van der Waals surface area contributed by atoms with E-state index in [4.69, 9.17) is 16.3 Å². The lowest BCUT2D eigenvalue weighted by Gasteiger charge is -2.10. The summed E-state index contributed by atoms with van der Waals surface area (Å²) >= 11 is 6.72. The standard InChI is InChI=1S/C19H12ClF4N3O3S/c1-9-15(31-17(26-9)10-2-4-12(21)5-3-10)18(29)30-8-14(28)27-16-13(20)6-11(7-25-16)19(22,23)24/h2-7H,8H2,1H3,(H,25,27,28). The van der Waals surface area contributed by atoms with E-state index in [0.29, 0.717) is 28.5 Å². The molecule has 2 aromatic heterocycles. The number of rotatable bonds is 5. The molecule has 0 fully saturated rings. The molecule has 6 nitrogen and oxygen atoms in total. The van der Waals surface area contributed by atoms with Gasteiger partial charge in [-0.2, -0.15) is 13.2 Å². The van der Waals surface area contributed by atoms with Gasteiger partial charge in [0.25, 0.3) is 5.91 Å². The number of aromatic nitrogens is 2. The monoisotopic (exact) mass is 473 g/mol. The number of nitrogens with one attached hydrogen (secondary N) is 1. The number of aryl methyl sites for hydroxylation is 1. The molecule has 0 aliphatic rings. The second kappa shape index (κ2) is 8.98. The van der Waals surface area contributed by atoms with Crippen molar-refractivity contribution in [3.05, 3.63) is 63.5 Å². The maximum Gasteiger partial charge on any atom is 0.417 e. The number of anilines is 1. The van der Waals surface area contributed by atoms with Crippen molar-refractivity contribution in [2.24, 2.45) is 0 Å². The minimum absolute atomic E-state index is 0.151. The van der Waals surface area contributed by atoms with Crippen LogP contribution in [0, 0.1) is 12.7 Å². The van der Waals surface area contributed by atoms with Crippen molar-refractivity contribution in [1.29, 1.82) is 0 Å². The van der Waals surface area contributed by atoms with Gasteiger partial charge >= 0.3 is 12.1 Å². The fraction of sp³-hybridized carbons (Fsp3) is 0.158. The first kappa shape index (κ1) is 22.6. The van der Waals surface area contributed by atoms with Gasteiger partial charge in [0.15, 0.2) is 12.4 Å². The number of hydrogen-bond donors (Lipinski definition) is 1. The third-order valence-corrected chi connectivity index (χ3v) is 5.31. The van der Waals surface area contributed by atoms with Gasteiger partial charge in [0, 0.05) is 11.8 Å². The van der Waals surface area contributed by atoms with Gasteiger partial charge < -0.3 is 10.1 Å². The lowest BCUT2D eigenvalue weighted by molar-refractivity contribution is -0.137. The molecule has 3 aromatic rings. The van der Waals surface area contributed by atoms with Crippen molar-refractivity contribution in [3.63, 3.8) is 0 Å². The Balaban J connectivity index is 1.62. The molecule has 0 aliphatic carbocycles. The Morgan fingerprint density at radius 2 is 1.90 bits per heavy atom. The van der Waals surface area contributed by atoms with Crippen LogP contribution in [0.5, 0.6) is 0 Å². The quantitative estimate of drug-likeness (QED) is 0.411. The molecule has 0 spiro atoms. The third-order valence-electron chi connectivity index (χ3n) is 3.83. The highest BCUT2D eigenvalue weighted by Gasteiger charge is 2.31. The van der Waals surface area contributed by atoms with E-state index < -0.39 is 41.1 Å². The average Bonchev–Trinajstić information content (AvgIpc) is 3.09.